The quantitative estimate of drug-likeness (QED) is 0.856. The smallest absolute Gasteiger partial charge is 0.252 e. The van der Waals surface area contributed by atoms with Crippen molar-refractivity contribution in [3.05, 3.63) is 36.0 Å². The molecule has 20 heavy (non-hydrogen) atoms. The number of aldehydes is 1. The monoisotopic (exact) mass is 300 g/mol. The predicted molar refractivity (Wildman–Crippen MR) is 67.5 cm³/mol. The molecule has 1 heterocycles. The molecule has 1 aromatic heterocycles. The number of sulfone groups is 1. The summed E-state index contributed by atoms with van der Waals surface area (Å²) in [6, 6.07) is 5.31. The Kier molecular flexibility index (Phi) is 3.93. The van der Waals surface area contributed by atoms with Gasteiger partial charge in [0.2, 0.25) is 0 Å². The number of hydrogen-bond donors (Lipinski definition) is 1. The van der Waals surface area contributed by atoms with Gasteiger partial charge in [-0.15, -0.1) is 0 Å². The Morgan fingerprint density at radius 2 is 1.90 bits per heavy atom. The first-order valence-electron chi connectivity index (χ1n) is 5.54. The van der Waals surface area contributed by atoms with Gasteiger partial charge in [0.1, 0.15) is 5.75 Å². The summed E-state index contributed by atoms with van der Waals surface area (Å²) < 4.78 is 47.6. The Hall–Kier alpha value is -2.09. The van der Waals surface area contributed by atoms with Gasteiger partial charge in [-0.25, -0.2) is 17.2 Å². The van der Waals surface area contributed by atoms with Crippen LogP contribution < -0.4 is 0 Å². The summed E-state index contributed by atoms with van der Waals surface area (Å²) in [4.78, 5) is 10.6. The average molecular weight is 300 g/mol. The topological polar surface area (TPSA) is 79.9 Å². The van der Waals surface area contributed by atoms with Crippen molar-refractivity contribution in [3.8, 4) is 11.3 Å². The molecule has 0 bridgehead atoms. The Bertz CT molecular complexity index is 709. The lowest BCUT2D eigenvalue weighted by atomic mass is 10.1. The molecule has 0 amide bonds. The molecule has 1 aromatic carbocycles. The van der Waals surface area contributed by atoms with Gasteiger partial charge in [-0.2, -0.15) is 5.10 Å². The van der Waals surface area contributed by atoms with Crippen LogP contribution in [-0.2, 0) is 9.84 Å². The molecule has 0 aliphatic carbocycles. The first kappa shape index (κ1) is 14.3. The molecule has 0 fully saturated rings. The van der Waals surface area contributed by atoms with Crippen LogP contribution in [0.4, 0.5) is 8.78 Å². The summed E-state index contributed by atoms with van der Waals surface area (Å²) >= 11 is 0. The van der Waals surface area contributed by atoms with Gasteiger partial charge in [0, 0.05) is 5.56 Å². The Balaban J connectivity index is 2.34. The molecular formula is C12H10F2N2O3S. The first-order chi connectivity index (χ1) is 9.44. The lowest BCUT2D eigenvalue weighted by Crippen LogP contribution is -2.13. The highest BCUT2D eigenvalue weighted by molar-refractivity contribution is 7.91. The highest BCUT2D eigenvalue weighted by atomic mass is 32.2. The summed E-state index contributed by atoms with van der Waals surface area (Å²) in [6.07, 6.45) is -0.974. The van der Waals surface area contributed by atoms with E-state index in [1.165, 1.54) is 30.5 Å². The van der Waals surface area contributed by atoms with E-state index < -0.39 is 22.0 Å². The van der Waals surface area contributed by atoms with Crippen LogP contribution in [0.5, 0.6) is 0 Å². The minimum Gasteiger partial charge on any atom is -0.298 e. The lowest BCUT2D eigenvalue weighted by molar-refractivity contribution is 0.112. The van der Waals surface area contributed by atoms with Crippen LogP contribution in [0.2, 0.25) is 0 Å². The highest BCUT2D eigenvalue weighted by Gasteiger charge is 2.20. The van der Waals surface area contributed by atoms with E-state index in [0.717, 1.165) is 0 Å². The number of alkyl halides is 2. The van der Waals surface area contributed by atoms with Crippen molar-refractivity contribution in [2.45, 2.75) is 11.3 Å². The number of halogens is 2. The van der Waals surface area contributed by atoms with Crippen molar-refractivity contribution in [2.24, 2.45) is 0 Å². The number of aromatic amines is 1. The molecular weight excluding hydrogens is 290 g/mol. The molecule has 5 nitrogen and oxygen atoms in total. The first-order valence-corrected chi connectivity index (χ1v) is 7.19. The fraction of sp³-hybridized carbons (Fsp3) is 0.167. The fourth-order valence-electron chi connectivity index (χ4n) is 1.71. The Labute approximate surface area is 113 Å². The summed E-state index contributed by atoms with van der Waals surface area (Å²) in [5.41, 5.74) is 1.31. The predicted octanol–water partition coefficient (Wildman–Crippen LogP) is 1.93. The van der Waals surface area contributed by atoms with Gasteiger partial charge in [0.05, 0.1) is 22.3 Å². The zero-order chi connectivity index (χ0) is 14.8. The molecule has 0 unspecified atom stereocenters. The van der Waals surface area contributed by atoms with Gasteiger partial charge in [-0.3, -0.25) is 9.89 Å². The minimum absolute atomic E-state index is 0.186. The number of aromatic nitrogens is 2. The van der Waals surface area contributed by atoms with Crippen LogP contribution in [0.3, 0.4) is 0 Å². The van der Waals surface area contributed by atoms with E-state index >= 15 is 0 Å². The van der Waals surface area contributed by atoms with E-state index in [-0.39, 0.29) is 4.90 Å². The standard InChI is InChI=1S/C12H10F2N2O3S/c13-11(14)7-20(18,19)10-3-1-8(2-4-10)12-9(6-17)5-15-16-12/h1-6,11H,7H2,(H,15,16). The van der Waals surface area contributed by atoms with Gasteiger partial charge in [0.15, 0.2) is 16.1 Å². The summed E-state index contributed by atoms with van der Waals surface area (Å²) in [5, 5.41) is 6.32. The number of benzene rings is 1. The van der Waals surface area contributed by atoms with Crippen LogP contribution in [0.1, 0.15) is 10.4 Å². The second kappa shape index (κ2) is 5.49. The normalized spacial score (nSPS) is 11.8. The second-order valence-corrected chi connectivity index (χ2v) is 6.05. The summed E-state index contributed by atoms with van der Waals surface area (Å²) in [7, 11) is -4.01. The fourth-order valence-corrected chi connectivity index (χ4v) is 2.78. The largest absolute Gasteiger partial charge is 0.298 e. The van der Waals surface area contributed by atoms with Crippen molar-refractivity contribution < 1.29 is 22.0 Å². The molecule has 2 aromatic rings. The molecule has 0 radical (unpaired) electrons. The number of H-pyrrole nitrogens is 1. The van der Waals surface area contributed by atoms with Crippen LogP contribution in [-0.4, -0.2) is 37.1 Å². The van der Waals surface area contributed by atoms with Crippen LogP contribution in [0, 0.1) is 0 Å². The Morgan fingerprint density at radius 1 is 1.25 bits per heavy atom. The number of carbonyl (C=O) groups excluding carboxylic acids is 1. The van der Waals surface area contributed by atoms with Gasteiger partial charge in [0.25, 0.3) is 6.43 Å². The maximum Gasteiger partial charge on any atom is 0.252 e. The van der Waals surface area contributed by atoms with E-state index in [2.05, 4.69) is 10.2 Å². The molecule has 0 saturated heterocycles. The maximum absolute atomic E-state index is 12.2. The van der Waals surface area contributed by atoms with E-state index in [0.29, 0.717) is 23.1 Å². The number of carbonyl (C=O) groups is 1. The van der Waals surface area contributed by atoms with Crippen LogP contribution >= 0.6 is 0 Å². The number of hydrogen-bond acceptors (Lipinski definition) is 4. The van der Waals surface area contributed by atoms with Crippen molar-refractivity contribution in [3.63, 3.8) is 0 Å². The Morgan fingerprint density at radius 3 is 2.45 bits per heavy atom. The zero-order valence-electron chi connectivity index (χ0n) is 10.1. The van der Waals surface area contributed by atoms with Crippen LogP contribution in [0.15, 0.2) is 35.4 Å². The van der Waals surface area contributed by atoms with Gasteiger partial charge in [-0.1, -0.05) is 12.1 Å². The summed E-state index contributed by atoms with van der Waals surface area (Å²) in [5.74, 6) is -1.21. The maximum atomic E-state index is 12.2. The lowest BCUT2D eigenvalue weighted by Gasteiger charge is -2.05. The van der Waals surface area contributed by atoms with Crippen molar-refractivity contribution in [2.75, 3.05) is 5.75 Å². The minimum atomic E-state index is -4.01. The third kappa shape index (κ3) is 2.90. The van der Waals surface area contributed by atoms with Crippen LogP contribution in [0.25, 0.3) is 11.3 Å². The second-order valence-electron chi connectivity index (χ2n) is 4.02. The van der Waals surface area contributed by atoms with Crippen molar-refractivity contribution in [1.82, 2.24) is 10.2 Å². The third-order valence-corrected chi connectivity index (χ3v) is 4.32. The SMILES string of the molecule is O=Cc1cn[nH]c1-c1ccc(S(=O)(=O)CC(F)F)cc1. The average Bonchev–Trinajstić information content (AvgIpc) is 2.85. The molecule has 8 heteroatoms. The number of rotatable bonds is 5. The molecule has 0 saturated carbocycles. The van der Waals surface area contributed by atoms with Gasteiger partial charge >= 0.3 is 0 Å². The number of nitrogens with zero attached hydrogens (tertiary/aromatic N) is 1. The third-order valence-electron chi connectivity index (χ3n) is 2.64. The zero-order valence-corrected chi connectivity index (χ0v) is 10.9. The van der Waals surface area contributed by atoms with Gasteiger partial charge in [-0.05, 0) is 12.1 Å². The van der Waals surface area contributed by atoms with E-state index in [4.69, 9.17) is 0 Å². The molecule has 0 spiro atoms. The van der Waals surface area contributed by atoms with E-state index in [1.807, 2.05) is 0 Å². The highest BCUT2D eigenvalue weighted by Crippen LogP contribution is 2.22. The molecule has 106 valence electrons. The molecule has 0 aliphatic rings. The molecule has 2 rings (SSSR count). The number of nitrogens with one attached hydrogen (secondary N) is 1. The molecule has 1 N–H and O–H groups in total. The van der Waals surface area contributed by atoms with E-state index in [1.54, 1.807) is 0 Å². The molecule has 0 atom stereocenters. The van der Waals surface area contributed by atoms with E-state index in [9.17, 15) is 22.0 Å². The summed E-state index contributed by atoms with van der Waals surface area (Å²) in [6.45, 7) is 0. The van der Waals surface area contributed by atoms with Crippen molar-refractivity contribution in [1.29, 1.82) is 0 Å². The van der Waals surface area contributed by atoms with Crippen molar-refractivity contribution >= 4 is 16.1 Å². The van der Waals surface area contributed by atoms with Gasteiger partial charge < -0.3 is 0 Å². The molecule has 0 aliphatic heterocycles.